The fourth-order valence-electron chi connectivity index (χ4n) is 2.85. The lowest BCUT2D eigenvalue weighted by Crippen LogP contribution is -2.24. The molecule has 0 atom stereocenters. The molecule has 8 nitrogen and oxygen atoms in total. The van der Waals surface area contributed by atoms with Gasteiger partial charge >= 0.3 is 0 Å². The molecule has 0 aliphatic carbocycles. The lowest BCUT2D eigenvalue weighted by atomic mass is 10.1. The first kappa shape index (κ1) is 19.3. The number of carbonyl (C=O) groups excluding carboxylic acids is 1. The molecule has 0 bridgehead atoms. The smallest absolute Gasteiger partial charge is 0.224 e. The third-order valence-electron chi connectivity index (χ3n) is 4.46. The van der Waals surface area contributed by atoms with Crippen molar-refractivity contribution in [2.45, 2.75) is 19.6 Å². The summed E-state index contributed by atoms with van der Waals surface area (Å²) in [5, 5.41) is 14.0. The molecule has 1 N–H and O–H groups in total. The van der Waals surface area contributed by atoms with E-state index >= 15 is 0 Å². The number of nitrogens with one attached hydrogen (secondary N) is 1. The molecule has 1 amide bonds. The van der Waals surface area contributed by atoms with E-state index in [4.69, 9.17) is 4.74 Å². The minimum atomic E-state index is -0.0397. The maximum atomic E-state index is 12.2. The molecule has 2 heterocycles. The number of hydrogen-bond acceptors (Lipinski definition) is 6. The van der Waals surface area contributed by atoms with Gasteiger partial charge in [-0.25, -0.2) is 4.68 Å². The minimum Gasteiger partial charge on any atom is -0.489 e. The van der Waals surface area contributed by atoms with Crippen LogP contribution in [0.4, 0.5) is 0 Å². The van der Waals surface area contributed by atoms with Crippen LogP contribution in [-0.4, -0.2) is 31.1 Å². The molecular weight excluding hydrogens is 380 g/mol. The third-order valence-corrected chi connectivity index (χ3v) is 4.46. The van der Waals surface area contributed by atoms with Gasteiger partial charge in [-0.3, -0.25) is 9.78 Å². The van der Waals surface area contributed by atoms with E-state index in [-0.39, 0.29) is 5.91 Å². The van der Waals surface area contributed by atoms with E-state index in [1.165, 1.54) is 6.33 Å². The quantitative estimate of drug-likeness (QED) is 0.488. The van der Waals surface area contributed by atoms with Crippen LogP contribution in [0.25, 0.3) is 5.69 Å². The van der Waals surface area contributed by atoms with Gasteiger partial charge in [0.1, 0.15) is 18.7 Å². The molecule has 4 rings (SSSR count). The van der Waals surface area contributed by atoms with Crippen LogP contribution in [0.1, 0.15) is 16.7 Å². The summed E-state index contributed by atoms with van der Waals surface area (Å²) in [5.74, 6) is 0.735. The fraction of sp³-hybridized carbons (Fsp3) is 0.136. The van der Waals surface area contributed by atoms with Gasteiger partial charge in [-0.05, 0) is 51.9 Å². The number of aromatic nitrogens is 5. The van der Waals surface area contributed by atoms with Crippen molar-refractivity contribution in [1.82, 2.24) is 30.5 Å². The van der Waals surface area contributed by atoms with Crippen LogP contribution < -0.4 is 10.1 Å². The van der Waals surface area contributed by atoms with E-state index in [1.54, 1.807) is 17.1 Å². The number of nitrogens with zero attached hydrogens (tertiary/aromatic N) is 5. The van der Waals surface area contributed by atoms with Crippen LogP contribution >= 0.6 is 0 Å². The second kappa shape index (κ2) is 9.42. The van der Waals surface area contributed by atoms with Gasteiger partial charge in [-0.1, -0.05) is 30.3 Å². The number of carbonyl (C=O) groups is 1. The van der Waals surface area contributed by atoms with E-state index in [0.717, 1.165) is 28.1 Å². The highest BCUT2D eigenvalue weighted by Crippen LogP contribution is 2.14. The molecule has 0 spiro atoms. The van der Waals surface area contributed by atoms with Crippen LogP contribution in [0.3, 0.4) is 0 Å². The van der Waals surface area contributed by atoms with Gasteiger partial charge in [0.05, 0.1) is 12.1 Å². The molecule has 8 heteroatoms. The average molecular weight is 400 g/mol. The van der Waals surface area contributed by atoms with Crippen molar-refractivity contribution >= 4 is 5.91 Å². The van der Waals surface area contributed by atoms with E-state index in [2.05, 4.69) is 25.8 Å². The van der Waals surface area contributed by atoms with Crippen molar-refractivity contribution < 1.29 is 9.53 Å². The van der Waals surface area contributed by atoms with Crippen LogP contribution in [0.5, 0.6) is 5.75 Å². The highest BCUT2D eigenvalue weighted by molar-refractivity contribution is 5.78. The molecule has 0 fully saturated rings. The summed E-state index contributed by atoms with van der Waals surface area (Å²) >= 11 is 0. The Morgan fingerprint density at radius 1 is 0.967 bits per heavy atom. The predicted molar refractivity (Wildman–Crippen MR) is 110 cm³/mol. The number of rotatable bonds is 8. The summed E-state index contributed by atoms with van der Waals surface area (Å²) in [6, 6.07) is 19.1. The maximum Gasteiger partial charge on any atom is 0.224 e. The van der Waals surface area contributed by atoms with Crippen LogP contribution in [0, 0.1) is 0 Å². The molecule has 150 valence electrons. The summed E-state index contributed by atoms with van der Waals surface area (Å²) in [6.45, 7) is 0.931. The second-order valence-corrected chi connectivity index (χ2v) is 6.67. The maximum absolute atomic E-state index is 12.2. The van der Waals surface area contributed by atoms with Gasteiger partial charge in [-0.15, -0.1) is 5.10 Å². The van der Waals surface area contributed by atoms with E-state index in [9.17, 15) is 4.79 Å². The summed E-state index contributed by atoms with van der Waals surface area (Å²) in [4.78, 5) is 16.3. The van der Waals surface area contributed by atoms with Crippen LogP contribution in [0.15, 0.2) is 79.4 Å². The number of pyridine rings is 1. The van der Waals surface area contributed by atoms with Crippen LogP contribution in [0.2, 0.25) is 0 Å². The minimum absolute atomic E-state index is 0.0397. The van der Waals surface area contributed by atoms with Gasteiger partial charge in [0.15, 0.2) is 0 Å². The number of ether oxygens (including phenoxy) is 1. The summed E-state index contributed by atoms with van der Waals surface area (Å²) in [5.41, 5.74) is 3.78. The Morgan fingerprint density at radius 2 is 1.77 bits per heavy atom. The standard InChI is InChI=1S/C22H20N6O2/c29-22(12-17-3-7-20(8-4-17)28-16-25-26-27-28)24-14-18-5-9-21(10-6-18)30-15-19-2-1-11-23-13-19/h1-11,13,16H,12,14-15H2,(H,24,29). The second-order valence-electron chi connectivity index (χ2n) is 6.67. The van der Waals surface area contributed by atoms with Gasteiger partial charge in [0.25, 0.3) is 0 Å². The molecule has 2 aromatic carbocycles. The van der Waals surface area contributed by atoms with Crippen molar-refractivity contribution in [1.29, 1.82) is 0 Å². The fourth-order valence-corrected chi connectivity index (χ4v) is 2.85. The number of amides is 1. The average Bonchev–Trinajstić information content (AvgIpc) is 3.33. The highest BCUT2D eigenvalue weighted by Gasteiger charge is 2.05. The van der Waals surface area contributed by atoms with Crippen molar-refractivity contribution in [2.75, 3.05) is 0 Å². The first-order valence-corrected chi connectivity index (χ1v) is 9.46. The molecular formula is C22H20N6O2. The summed E-state index contributed by atoms with van der Waals surface area (Å²) in [6.07, 6.45) is 5.35. The van der Waals surface area contributed by atoms with Crippen molar-refractivity contribution in [3.63, 3.8) is 0 Å². The number of tetrazole rings is 1. The Hall–Kier alpha value is -4.07. The zero-order valence-electron chi connectivity index (χ0n) is 16.2. The molecule has 0 aliphatic rings. The van der Waals surface area contributed by atoms with Crippen molar-refractivity contribution in [3.8, 4) is 11.4 Å². The molecule has 2 aromatic heterocycles. The van der Waals surface area contributed by atoms with E-state index < -0.39 is 0 Å². The Morgan fingerprint density at radius 3 is 2.47 bits per heavy atom. The largest absolute Gasteiger partial charge is 0.489 e. The zero-order valence-corrected chi connectivity index (χ0v) is 16.2. The Balaban J connectivity index is 1.23. The lowest BCUT2D eigenvalue weighted by molar-refractivity contribution is -0.120. The molecule has 0 saturated carbocycles. The van der Waals surface area contributed by atoms with Gasteiger partial charge in [0.2, 0.25) is 5.91 Å². The number of benzene rings is 2. The molecule has 0 unspecified atom stereocenters. The molecule has 0 saturated heterocycles. The van der Waals surface area contributed by atoms with Crippen LogP contribution in [-0.2, 0) is 24.4 Å². The first-order valence-electron chi connectivity index (χ1n) is 9.46. The Labute approximate surface area is 173 Å². The van der Waals surface area contributed by atoms with E-state index in [0.29, 0.717) is 19.6 Å². The normalized spacial score (nSPS) is 10.5. The number of hydrogen-bond donors (Lipinski definition) is 1. The monoisotopic (exact) mass is 400 g/mol. The molecule has 0 radical (unpaired) electrons. The summed E-state index contributed by atoms with van der Waals surface area (Å²) in [7, 11) is 0. The Bertz CT molecular complexity index is 1070. The Kier molecular flexibility index (Phi) is 6.05. The first-order chi connectivity index (χ1) is 14.8. The van der Waals surface area contributed by atoms with Gasteiger partial charge in [-0.2, -0.15) is 0 Å². The van der Waals surface area contributed by atoms with Crippen molar-refractivity contribution in [3.05, 3.63) is 96.1 Å². The van der Waals surface area contributed by atoms with E-state index in [1.807, 2.05) is 60.7 Å². The SMILES string of the molecule is O=C(Cc1ccc(-n2cnnn2)cc1)NCc1ccc(OCc2cccnc2)cc1. The lowest BCUT2D eigenvalue weighted by Gasteiger charge is -2.09. The third kappa shape index (κ3) is 5.26. The van der Waals surface area contributed by atoms with Crippen molar-refractivity contribution in [2.24, 2.45) is 0 Å². The van der Waals surface area contributed by atoms with Gasteiger partial charge in [0, 0.05) is 24.5 Å². The molecule has 4 aromatic rings. The molecule has 0 aliphatic heterocycles. The highest BCUT2D eigenvalue weighted by atomic mass is 16.5. The molecule has 30 heavy (non-hydrogen) atoms. The van der Waals surface area contributed by atoms with Gasteiger partial charge < -0.3 is 10.1 Å². The zero-order chi connectivity index (χ0) is 20.6. The predicted octanol–water partition coefficient (Wildman–Crippen LogP) is 2.50. The summed E-state index contributed by atoms with van der Waals surface area (Å²) < 4.78 is 7.31. The topological polar surface area (TPSA) is 94.8 Å².